The van der Waals surface area contributed by atoms with Gasteiger partial charge in [-0.1, -0.05) is 6.08 Å². The molecule has 0 unspecified atom stereocenters. The lowest BCUT2D eigenvalue weighted by atomic mass is 9.96. The largest absolute Gasteiger partial charge is 0.381 e. The molecule has 1 aromatic heterocycles. The average molecular weight is 334 g/mol. The number of rotatable bonds is 7. The number of hydrogen-bond donors (Lipinski definition) is 1. The first kappa shape index (κ1) is 18.4. The van der Waals surface area contributed by atoms with Crippen molar-refractivity contribution < 1.29 is 4.74 Å². The van der Waals surface area contributed by atoms with Gasteiger partial charge in [0.2, 0.25) is 0 Å². The zero-order valence-corrected chi connectivity index (χ0v) is 15.2. The van der Waals surface area contributed by atoms with Crippen molar-refractivity contribution in [3.8, 4) is 0 Å². The van der Waals surface area contributed by atoms with E-state index in [2.05, 4.69) is 34.0 Å². The van der Waals surface area contributed by atoms with Gasteiger partial charge in [-0.25, -0.2) is 4.99 Å². The second kappa shape index (κ2) is 9.42. The van der Waals surface area contributed by atoms with Crippen LogP contribution in [0.4, 0.5) is 0 Å². The molecule has 0 spiro atoms. The van der Waals surface area contributed by atoms with Crippen molar-refractivity contribution in [2.75, 3.05) is 33.4 Å². The van der Waals surface area contributed by atoms with Crippen LogP contribution in [0.1, 0.15) is 30.9 Å². The van der Waals surface area contributed by atoms with Crippen molar-refractivity contribution in [2.24, 2.45) is 18.0 Å². The van der Waals surface area contributed by atoms with E-state index >= 15 is 0 Å². The Kier molecular flexibility index (Phi) is 7.24. The molecule has 0 aliphatic carbocycles. The molecular formula is C17H30N6O. The normalized spacial score (nSPS) is 16.2. The van der Waals surface area contributed by atoms with Crippen LogP contribution in [0.2, 0.25) is 0 Å². The Labute approximate surface area is 144 Å². The fourth-order valence-corrected chi connectivity index (χ4v) is 2.73. The average Bonchev–Trinajstić information content (AvgIpc) is 2.92. The predicted octanol–water partition coefficient (Wildman–Crippen LogP) is 1.50. The predicted molar refractivity (Wildman–Crippen MR) is 95.9 cm³/mol. The highest BCUT2D eigenvalue weighted by Crippen LogP contribution is 2.18. The molecule has 0 atom stereocenters. The highest BCUT2D eigenvalue weighted by Gasteiger charge is 2.15. The summed E-state index contributed by atoms with van der Waals surface area (Å²) in [6.45, 7) is 9.69. The van der Waals surface area contributed by atoms with Crippen molar-refractivity contribution in [3.63, 3.8) is 0 Å². The van der Waals surface area contributed by atoms with E-state index in [1.165, 1.54) is 12.8 Å². The van der Waals surface area contributed by atoms with E-state index in [0.717, 1.165) is 49.7 Å². The van der Waals surface area contributed by atoms with Crippen LogP contribution >= 0.6 is 0 Å². The maximum atomic E-state index is 5.43. The number of aromatic nitrogens is 3. The SMILES string of the molecule is C=CCNC(=NCc1nnc(C)n1C)N(C)CCC1CCOCC1. The van der Waals surface area contributed by atoms with Crippen LogP contribution in [0.25, 0.3) is 0 Å². The number of hydrogen-bond acceptors (Lipinski definition) is 4. The standard InChI is InChI=1S/C17H30N6O/c1-5-9-18-17(19-13-16-21-20-14(2)23(16)4)22(3)10-6-15-7-11-24-12-8-15/h5,15H,1,6-13H2,2-4H3,(H,18,19). The first-order chi connectivity index (χ1) is 11.6. The second-order valence-electron chi connectivity index (χ2n) is 6.30. The fourth-order valence-electron chi connectivity index (χ4n) is 2.73. The lowest BCUT2D eigenvalue weighted by Crippen LogP contribution is -2.40. The third kappa shape index (κ3) is 5.33. The van der Waals surface area contributed by atoms with E-state index in [9.17, 15) is 0 Å². The second-order valence-corrected chi connectivity index (χ2v) is 6.30. The molecule has 1 aromatic rings. The van der Waals surface area contributed by atoms with E-state index in [1.54, 1.807) is 0 Å². The summed E-state index contributed by atoms with van der Waals surface area (Å²) in [5.74, 6) is 3.39. The van der Waals surface area contributed by atoms with Crippen LogP contribution < -0.4 is 5.32 Å². The molecule has 0 aromatic carbocycles. The van der Waals surface area contributed by atoms with Gasteiger partial charge in [-0.15, -0.1) is 16.8 Å². The Balaban J connectivity index is 1.93. The molecular weight excluding hydrogens is 304 g/mol. The Morgan fingerprint density at radius 1 is 1.46 bits per heavy atom. The lowest BCUT2D eigenvalue weighted by Gasteiger charge is -2.26. The molecule has 2 rings (SSSR count). The number of nitrogens with one attached hydrogen (secondary N) is 1. The van der Waals surface area contributed by atoms with Crippen molar-refractivity contribution in [2.45, 2.75) is 32.7 Å². The number of aliphatic imine (C=N–C) groups is 1. The van der Waals surface area contributed by atoms with Crippen LogP contribution in [0.15, 0.2) is 17.6 Å². The molecule has 1 N–H and O–H groups in total. The zero-order valence-electron chi connectivity index (χ0n) is 15.2. The monoisotopic (exact) mass is 334 g/mol. The van der Waals surface area contributed by atoms with Gasteiger partial charge in [0.25, 0.3) is 0 Å². The van der Waals surface area contributed by atoms with Gasteiger partial charge in [0, 0.05) is 40.4 Å². The van der Waals surface area contributed by atoms with Gasteiger partial charge in [0.1, 0.15) is 12.4 Å². The molecule has 7 heteroatoms. The quantitative estimate of drug-likeness (QED) is 0.465. The summed E-state index contributed by atoms with van der Waals surface area (Å²) in [6.07, 6.45) is 5.34. The van der Waals surface area contributed by atoms with E-state index < -0.39 is 0 Å². The Hall–Kier alpha value is -1.89. The van der Waals surface area contributed by atoms with E-state index in [4.69, 9.17) is 9.73 Å². The summed E-state index contributed by atoms with van der Waals surface area (Å²) in [5, 5.41) is 11.6. The highest BCUT2D eigenvalue weighted by molar-refractivity contribution is 5.79. The summed E-state index contributed by atoms with van der Waals surface area (Å²) < 4.78 is 7.40. The van der Waals surface area contributed by atoms with Crippen LogP contribution in [-0.2, 0) is 18.3 Å². The van der Waals surface area contributed by atoms with Gasteiger partial charge in [-0.3, -0.25) is 0 Å². The Bertz CT molecular complexity index is 547. The van der Waals surface area contributed by atoms with E-state index in [-0.39, 0.29) is 0 Å². The van der Waals surface area contributed by atoms with Crippen molar-refractivity contribution in [1.29, 1.82) is 0 Å². The molecule has 2 heterocycles. The minimum atomic E-state index is 0.512. The Morgan fingerprint density at radius 2 is 2.21 bits per heavy atom. The summed E-state index contributed by atoms with van der Waals surface area (Å²) in [7, 11) is 4.04. The summed E-state index contributed by atoms with van der Waals surface area (Å²) >= 11 is 0. The number of ether oxygens (including phenoxy) is 1. The number of nitrogens with zero attached hydrogens (tertiary/aromatic N) is 5. The first-order valence-corrected chi connectivity index (χ1v) is 8.64. The molecule has 134 valence electrons. The summed E-state index contributed by atoms with van der Waals surface area (Å²) in [5.41, 5.74) is 0. The van der Waals surface area contributed by atoms with Gasteiger partial charge in [-0.05, 0) is 32.1 Å². The van der Waals surface area contributed by atoms with Gasteiger partial charge in [-0.2, -0.15) is 0 Å². The first-order valence-electron chi connectivity index (χ1n) is 8.64. The molecule has 1 aliphatic rings. The van der Waals surface area contributed by atoms with Gasteiger partial charge in [0.05, 0.1) is 0 Å². The van der Waals surface area contributed by atoms with Crippen LogP contribution in [0, 0.1) is 12.8 Å². The number of guanidine groups is 1. The smallest absolute Gasteiger partial charge is 0.194 e. The summed E-state index contributed by atoms with van der Waals surface area (Å²) in [4.78, 5) is 6.89. The third-order valence-corrected chi connectivity index (χ3v) is 4.53. The minimum absolute atomic E-state index is 0.512. The molecule has 0 amide bonds. The Morgan fingerprint density at radius 3 is 2.83 bits per heavy atom. The van der Waals surface area contributed by atoms with Gasteiger partial charge in [0.15, 0.2) is 11.8 Å². The minimum Gasteiger partial charge on any atom is -0.381 e. The summed E-state index contributed by atoms with van der Waals surface area (Å²) in [6, 6.07) is 0. The fraction of sp³-hybridized carbons (Fsp3) is 0.706. The van der Waals surface area contributed by atoms with Gasteiger partial charge < -0.3 is 19.5 Å². The van der Waals surface area contributed by atoms with Crippen LogP contribution in [0.3, 0.4) is 0 Å². The van der Waals surface area contributed by atoms with Crippen molar-refractivity contribution in [3.05, 3.63) is 24.3 Å². The maximum Gasteiger partial charge on any atom is 0.194 e. The zero-order chi connectivity index (χ0) is 17.4. The molecule has 0 bridgehead atoms. The maximum absolute atomic E-state index is 5.43. The molecule has 0 radical (unpaired) electrons. The highest BCUT2D eigenvalue weighted by atomic mass is 16.5. The molecule has 1 saturated heterocycles. The topological polar surface area (TPSA) is 67.6 Å². The third-order valence-electron chi connectivity index (χ3n) is 4.53. The van der Waals surface area contributed by atoms with E-state index in [1.807, 2.05) is 24.6 Å². The molecule has 1 fully saturated rings. The van der Waals surface area contributed by atoms with Gasteiger partial charge >= 0.3 is 0 Å². The van der Waals surface area contributed by atoms with E-state index in [0.29, 0.717) is 13.1 Å². The molecule has 0 saturated carbocycles. The molecule has 7 nitrogen and oxygen atoms in total. The van der Waals surface area contributed by atoms with Crippen LogP contribution in [-0.4, -0.2) is 59.0 Å². The van der Waals surface area contributed by atoms with Crippen molar-refractivity contribution >= 4 is 5.96 Å². The van der Waals surface area contributed by atoms with Crippen LogP contribution in [0.5, 0.6) is 0 Å². The number of aryl methyl sites for hydroxylation is 1. The lowest BCUT2D eigenvalue weighted by molar-refractivity contribution is 0.0625. The molecule has 24 heavy (non-hydrogen) atoms. The molecule has 1 aliphatic heterocycles. The van der Waals surface area contributed by atoms with Crippen molar-refractivity contribution in [1.82, 2.24) is 25.0 Å².